The van der Waals surface area contributed by atoms with E-state index in [9.17, 15) is 4.79 Å². The average molecular weight is 477 g/mol. The van der Waals surface area contributed by atoms with E-state index in [1.807, 2.05) is 71.8 Å². The second-order valence-corrected chi connectivity index (χ2v) is 9.39. The van der Waals surface area contributed by atoms with Gasteiger partial charge in [0.25, 0.3) is 5.91 Å². The van der Waals surface area contributed by atoms with Crippen molar-refractivity contribution in [1.82, 2.24) is 20.7 Å². The SMILES string of the molecule is CN1CCC(CNC(=O)c2ccc(NC3N=C4C=CC=C(c5ccc(Cl)cc5)N4N3)cc2)CC1. The normalized spacial score (nSPS) is 20.5. The Morgan fingerprint density at radius 2 is 1.85 bits per heavy atom. The lowest BCUT2D eigenvalue weighted by Crippen LogP contribution is -2.42. The molecule has 1 fully saturated rings. The van der Waals surface area contributed by atoms with Crippen molar-refractivity contribution in [1.29, 1.82) is 0 Å². The molecule has 2 aromatic carbocycles. The van der Waals surface area contributed by atoms with Crippen LogP contribution in [0.1, 0.15) is 28.8 Å². The summed E-state index contributed by atoms with van der Waals surface area (Å²) in [5, 5.41) is 9.14. The van der Waals surface area contributed by atoms with E-state index >= 15 is 0 Å². The number of carbonyl (C=O) groups excluding carboxylic acids is 1. The van der Waals surface area contributed by atoms with Gasteiger partial charge in [-0.1, -0.05) is 29.8 Å². The smallest absolute Gasteiger partial charge is 0.251 e. The number of nitrogens with zero attached hydrogens (tertiary/aromatic N) is 3. The number of hydrogen-bond donors (Lipinski definition) is 3. The summed E-state index contributed by atoms with van der Waals surface area (Å²) in [6, 6.07) is 15.3. The first-order valence-corrected chi connectivity index (χ1v) is 12.0. The topological polar surface area (TPSA) is 72.0 Å². The van der Waals surface area contributed by atoms with Crippen molar-refractivity contribution in [3.8, 4) is 0 Å². The van der Waals surface area contributed by atoms with Crippen LogP contribution in [0.5, 0.6) is 0 Å². The van der Waals surface area contributed by atoms with Gasteiger partial charge >= 0.3 is 0 Å². The minimum Gasteiger partial charge on any atom is -0.352 e. The molecule has 34 heavy (non-hydrogen) atoms. The van der Waals surface area contributed by atoms with Gasteiger partial charge in [-0.05, 0) is 93.0 Å². The average Bonchev–Trinajstić information content (AvgIpc) is 3.27. The third-order valence-corrected chi connectivity index (χ3v) is 6.71. The van der Waals surface area contributed by atoms with Crippen LogP contribution in [0.15, 0.2) is 71.8 Å². The molecule has 3 heterocycles. The van der Waals surface area contributed by atoms with Crippen molar-refractivity contribution in [2.45, 2.75) is 19.1 Å². The Bertz CT molecular complexity index is 1120. The van der Waals surface area contributed by atoms with Crippen LogP contribution < -0.4 is 16.1 Å². The number of benzene rings is 2. The molecule has 1 amide bonds. The molecule has 176 valence electrons. The minimum atomic E-state index is -0.322. The van der Waals surface area contributed by atoms with Gasteiger partial charge in [0.1, 0.15) is 5.84 Å². The maximum atomic E-state index is 12.6. The molecule has 8 heteroatoms. The van der Waals surface area contributed by atoms with Crippen LogP contribution in [0, 0.1) is 5.92 Å². The summed E-state index contributed by atoms with van der Waals surface area (Å²) < 4.78 is 0. The van der Waals surface area contributed by atoms with E-state index in [1.54, 1.807) is 0 Å². The Labute approximate surface area is 205 Å². The van der Waals surface area contributed by atoms with Gasteiger partial charge in [0, 0.05) is 22.8 Å². The molecule has 0 spiro atoms. The number of carbonyl (C=O) groups is 1. The molecular weight excluding hydrogens is 448 g/mol. The number of nitrogens with one attached hydrogen (secondary N) is 3. The zero-order valence-electron chi connectivity index (χ0n) is 19.2. The summed E-state index contributed by atoms with van der Waals surface area (Å²) in [5.74, 6) is 1.37. The highest BCUT2D eigenvalue weighted by Crippen LogP contribution is 2.26. The van der Waals surface area contributed by atoms with Gasteiger partial charge in [-0.3, -0.25) is 9.80 Å². The fourth-order valence-electron chi connectivity index (χ4n) is 4.41. The Balaban J connectivity index is 1.16. The van der Waals surface area contributed by atoms with Crippen LogP contribution in [0.25, 0.3) is 5.70 Å². The lowest BCUT2D eigenvalue weighted by Gasteiger charge is -2.28. The van der Waals surface area contributed by atoms with Crippen molar-refractivity contribution in [3.63, 3.8) is 0 Å². The van der Waals surface area contributed by atoms with Crippen molar-refractivity contribution in [3.05, 3.63) is 82.9 Å². The maximum absolute atomic E-state index is 12.6. The van der Waals surface area contributed by atoms with Crippen molar-refractivity contribution in [2.24, 2.45) is 10.9 Å². The monoisotopic (exact) mass is 476 g/mol. The van der Waals surface area contributed by atoms with Crippen LogP contribution >= 0.6 is 11.6 Å². The predicted octanol–water partition coefficient (Wildman–Crippen LogP) is 3.94. The van der Waals surface area contributed by atoms with Gasteiger partial charge in [0.2, 0.25) is 0 Å². The molecule has 0 aliphatic carbocycles. The maximum Gasteiger partial charge on any atom is 0.251 e. The summed E-state index contributed by atoms with van der Waals surface area (Å²) in [7, 11) is 2.15. The van der Waals surface area contributed by atoms with Gasteiger partial charge in [-0.2, -0.15) is 5.43 Å². The summed E-state index contributed by atoms with van der Waals surface area (Å²) >= 11 is 6.04. The largest absolute Gasteiger partial charge is 0.352 e. The second-order valence-electron chi connectivity index (χ2n) is 8.95. The van der Waals surface area contributed by atoms with E-state index < -0.39 is 0 Å². The number of aliphatic imine (C=N–C) groups is 1. The minimum absolute atomic E-state index is 0.0234. The first kappa shape index (κ1) is 22.7. The van der Waals surface area contributed by atoms with Crippen LogP contribution in [-0.2, 0) is 0 Å². The quantitative estimate of drug-likeness (QED) is 0.589. The molecule has 0 bridgehead atoms. The number of rotatable bonds is 6. The van der Waals surface area contributed by atoms with Gasteiger partial charge in [0.15, 0.2) is 6.29 Å². The van der Waals surface area contributed by atoms with Gasteiger partial charge < -0.3 is 15.5 Å². The Kier molecular flexibility index (Phi) is 6.67. The molecule has 7 nitrogen and oxygen atoms in total. The standard InChI is InChI=1S/C26H29ClN6O/c1-32-15-13-18(14-16-32)17-28-25(34)20-7-11-22(12-8-20)29-26-30-24-4-2-3-23(33(24)31-26)19-5-9-21(27)10-6-19/h2-12,18,26,29,31H,13-17H2,1H3,(H,28,34). The highest BCUT2D eigenvalue weighted by atomic mass is 35.5. The molecule has 3 N–H and O–H groups in total. The number of piperidine rings is 1. The molecule has 5 rings (SSSR count). The number of anilines is 1. The molecule has 1 saturated heterocycles. The van der Waals surface area contributed by atoms with Crippen molar-refractivity contribution in [2.75, 3.05) is 32.0 Å². The number of allylic oxidation sites excluding steroid dienone is 2. The second kappa shape index (κ2) is 10.0. The summed E-state index contributed by atoms with van der Waals surface area (Å²) in [5.41, 5.74) is 6.98. The number of hydrogen-bond acceptors (Lipinski definition) is 6. The molecular formula is C26H29ClN6O. The van der Waals surface area contributed by atoms with Gasteiger partial charge in [-0.25, -0.2) is 4.99 Å². The first-order chi connectivity index (χ1) is 16.5. The summed E-state index contributed by atoms with van der Waals surface area (Å²) in [4.78, 5) is 19.6. The molecule has 3 aliphatic heterocycles. The van der Waals surface area contributed by atoms with Gasteiger partial charge in [-0.15, -0.1) is 0 Å². The van der Waals surface area contributed by atoms with E-state index in [0.717, 1.165) is 55.3 Å². The number of amidine groups is 1. The number of likely N-dealkylation sites (tertiary alicyclic amines) is 1. The number of hydrazine groups is 1. The molecule has 2 aromatic rings. The van der Waals surface area contributed by atoms with Crippen LogP contribution in [0.2, 0.25) is 5.02 Å². The predicted molar refractivity (Wildman–Crippen MR) is 137 cm³/mol. The number of halogens is 1. The van der Waals surface area contributed by atoms with E-state index in [0.29, 0.717) is 16.5 Å². The lowest BCUT2D eigenvalue weighted by molar-refractivity contribution is 0.0939. The number of fused-ring (bicyclic) bond motifs is 1. The van der Waals surface area contributed by atoms with Crippen LogP contribution in [-0.4, -0.2) is 54.6 Å². The zero-order valence-corrected chi connectivity index (χ0v) is 19.9. The fourth-order valence-corrected chi connectivity index (χ4v) is 4.54. The molecule has 0 aromatic heterocycles. The highest BCUT2D eigenvalue weighted by Gasteiger charge is 2.28. The number of amides is 1. The van der Waals surface area contributed by atoms with E-state index in [-0.39, 0.29) is 12.2 Å². The highest BCUT2D eigenvalue weighted by molar-refractivity contribution is 6.30. The van der Waals surface area contributed by atoms with E-state index in [1.165, 1.54) is 0 Å². The first-order valence-electron chi connectivity index (χ1n) is 11.7. The van der Waals surface area contributed by atoms with E-state index in [2.05, 4.69) is 28.0 Å². The van der Waals surface area contributed by atoms with Crippen molar-refractivity contribution >= 4 is 34.7 Å². The Hall–Kier alpha value is -3.13. The summed E-state index contributed by atoms with van der Waals surface area (Å²) in [6.07, 6.45) is 7.94. The van der Waals surface area contributed by atoms with Crippen LogP contribution in [0.3, 0.4) is 0 Å². The zero-order chi connectivity index (χ0) is 23.5. The Morgan fingerprint density at radius 3 is 2.59 bits per heavy atom. The Morgan fingerprint density at radius 1 is 1.12 bits per heavy atom. The molecule has 1 unspecified atom stereocenters. The molecule has 1 atom stereocenters. The molecule has 0 saturated carbocycles. The molecule has 3 aliphatic rings. The summed E-state index contributed by atoms with van der Waals surface area (Å²) in [6.45, 7) is 2.94. The molecule has 0 radical (unpaired) electrons. The van der Waals surface area contributed by atoms with Crippen molar-refractivity contribution < 1.29 is 4.79 Å². The fraction of sp³-hybridized carbons (Fsp3) is 0.308. The lowest BCUT2D eigenvalue weighted by atomic mass is 9.97. The van der Waals surface area contributed by atoms with E-state index in [4.69, 9.17) is 16.6 Å². The third kappa shape index (κ3) is 5.17. The van der Waals surface area contributed by atoms with Crippen LogP contribution in [0.4, 0.5) is 5.69 Å². The van der Waals surface area contributed by atoms with Gasteiger partial charge in [0.05, 0.1) is 5.70 Å². The third-order valence-electron chi connectivity index (χ3n) is 6.46.